The average molecular weight is 546 g/mol. The lowest BCUT2D eigenvalue weighted by Gasteiger charge is -2.36. The molecule has 0 bridgehead atoms. The molecule has 1 atom stereocenters. The van der Waals surface area contributed by atoms with Gasteiger partial charge in [-0.3, -0.25) is 9.59 Å². The molecular formula is C27H37F2N7O3. The number of amides is 2. The molecule has 2 heterocycles. The van der Waals surface area contributed by atoms with Gasteiger partial charge in [-0.2, -0.15) is 8.78 Å². The van der Waals surface area contributed by atoms with Gasteiger partial charge in [0.2, 0.25) is 0 Å². The van der Waals surface area contributed by atoms with Crippen LogP contribution in [0.3, 0.4) is 0 Å². The lowest BCUT2D eigenvalue weighted by atomic mass is 9.93. The van der Waals surface area contributed by atoms with E-state index in [1.165, 1.54) is 19.1 Å². The number of amidine groups is 1. The molecule has 2 aliphatic heterocycles. The number of likely N-dealkylation sites (N-methyl/N-ethyl adjacent to an activating group) is 1. The van der Waals surface area contributed by atoms with E-state index in [4.69, 9.17) is 10.5 Å². The Bertz CT molecular complexity index is 1160. The van der Waals surface area contributed by atoms with Crippen LogP contribution in [0, 0.1) is 0 Å². The van der Waals surface area contributed by atoms with Crippen LogP contribution in [0.1, 0.15) is 48.9 Å². The van der Waals surface area contributed by atoms with Crippen molar-refractivity contribution in [3.05, 3.63) is 48.1 Å². The number of benzene rings is 1. The van der Waals surface area contributed by atoms with Crippen molar-refractivity contribution in [1.82, 2.24) is 20.4 Å². The van der Waals surface area contributed by atoms with Crippen LogP contribution in [0.5, 0.6) is 5.75 Å². The molecule has 3 fully saturated rings. The number of rotatable bonds is 7. The Kier molecular flexibility index (Phi) is 8.73. The van der Waals surface area contributed by atoms with Gasteiger partial charge >= 0.3 is 5.92 Å². The average Bonchev–Trinajstić information content (AvgIpc) is 3.42. The van der Waals surface area contributed by atoms with Crippen molar-refractivity contribution in [2.24, 2.45) is 10.7 Å². The van der Waals surface area contributed by atoms with E-state index in [0.717, 1.165) is 49.9 Å². The third kappa shape index (κ3) is 6.32. The second-order valence-electron chi connectivity index (χ2n) is 10.1. The Balaban J connectivity index is 1.61. The van der Waals surface area contributed by atoms with Crippen LogP contribution < -0.4 is 26.4 Å². The van der Waals surface area contributed by atoms with Crippen molar-refractivity contribution in [3.63, 3.8) is 0 Å². The molecule has 10 nitrogen and oxygen atoms in total. The SMILES string of the molecule is C=C(N=C1/C(=C\N)N(C)C(=O)C(F)(F)CN1C1CCCCC1)Nc1ccc(C(=O)NC2CCNC2)cc1OC. The van der Waals surface area contributed by atoms with E-state index in [2.05, 4.69) is 27.5 Å². The molecule has 0 aromatic heterocycles. The number of ether oxygens (including phenoxy) is 1. The standard InChI is InChI=1S/C27H37F2N7O3/c1-17(32-21-10-9-18(13-23(21)39-3)25(37)34-19-11-12-31-15-19)33-24-22(14-30)35(2)26(38)27(28,29)16-36(24)20-7-5-4-6-8-20/h9-10,13-14,19-20,31-32H,1,4-8,11-12,15-16,30H2,2-3H3,(H,34,37)/b22-14+,33-24?. The lowest BCUT2D eigenvalue weighted by molar-refractivity contribution is -0.154. The quantitative estimate of drug-likeness (QED) is 0.415. The first-order valence-corrected chi connectivity index (χ1v) is 13.2. The minimum Gasteiger partial charge on any atom is -0.495 e. The van der Waals surface area contributed by atoms with Crippen LogP contribution in [-0.4, -0.2) is 79.2 Å². The smallest absolute Gasteiger partial charge is 0.342 e. The van der Waals surface area contributed by atoms with Crippen molar-refractivity contribution in [3.8, 4) is 5.75 Å². The monoisotopic (exact) mass is 545 g/mol. The number of halogens is 2. The number of nitrogens with two attached hydrogens (primary N) is 1. The molecule has 2 amide bonds. The maximum absolute atomic E-state index is 15.0. The third-order valence-corrected chi connectivity index (χ3v) is 7.40. The summed E-state index contributed by atoms with van der Waals surface area (Å²) in [6.07, 6.45) is 6.24. The van der Waals surface area contributed by atoms with Crippen molar-refractivity contribution in [2.45, 2.75) is 56.5 Å². The first kappa shape index (κ1) is 28.3. The topological polar surface area (TPSA) is 124 Å². The van der Waals surface area contributed by atoms with E-state index in [-0.39, 0.29) is 35.3 Å². The van der Waals surface area contributed by atoms with Crippen LogP contribution in [0.15, 0.2) is 47.5 Å². The molecular weight excluding hydrogens is 508 g/mol. The van der Waals surface area contributed by atoms with Gasteiger partial charge in [0.25, 0.3) is 11.8 Å². The van der Waals surface area contributed by atoms with Gasteiger partial charge in [-0.1, -0.05) is 25.8 Å². The molecule has 5 N–H and O–H groups in total. The molecule has 1 aliphatic carbocycles. The highest BCUT2D eigenvalue weighted by atomic mass is 19.3. The van der Waals surface area contributed by atoms with E-state index in [1.54, 1.807) is 18.2 Å². The van der Waals surface area contributed by atoms with Crippen molar-refractivity contribution < 1.29 is 23.1 Å². The number of alkyl halides is 2. The van der Waals surface area contributed by atoms with Gasteiger partial charge in [0.1, 0.15) is 17.3 Å². The van der Waals surface area contributed by atoms with Crippen molar-refractivity contribution in [1.29, 1.82) is 0 Å². The van der Waals surface area contributed by atoms with E-state index < -0.39 is 18.4 Å². The first-order chi connectivity index (χ1) is 18.6. The zero-order chi connectivity index (χ0) is 28.2. The van der Waals surface area contributed by atoms with Crippen LogP contribution in [0.4, 0.5) is 14.5 Å². The molecule has 212 valence electrons. The molecule has 1 aromatic carbocycles. The summed E-state index contributed by atoms with van der Waals surface area (Å²) in [7, 11) is 2.74. The van der Waals surface area contributed by atoms with Crippen LogP contribution >= 0.6 is 0 Å². The van der Waals surface area contributed by atoms with Gasteiger partial charge in [-0.25, -0.2) is 4.99 Å². The van der Waals surface area contributed by atoms with Gasteiger partial charge in [-0.15, -0.1) is 0 Å². The summed E-state index contributed by atoms with van der Waals surface area (Å²) >= 11 is 0. The summed E-state index contributed by atoms with van der Waals surface area (Å²) in [5.74, 6) is -4.50. The number of nitrogens with zero attached hydrogens (tertiary/aromatic N) is 3. The molecule has 1 saturated carbocycles. The first-order valence-electron chi connectivity index (χ1n) is 13.2. The lowest BCUT2D eigenvalue weighted by Crippen LogP contribution is -2.48. The van der Waals surface area contributed by atoms with E-state index in [1.807, 2.05) is 0 Å². The molecule has 1 unspecified atom stereocenters. The van der Waals surface area contributed by atoms with Crippen molar-refractivity contribution in [2.75, 3.05) is 39.1 Å². The molecule has 1 aromatic rings. The third-order valence-electron chi connectivity index (χ3n) is 7.40. The van der Waals surface area contributed by atoms with E-state index in [9.17, 15) is 18.4 Å². The Morgan fingerprint density at radius 2 is 2.03 bits per heavy atom. The number of methoxy groups -OCH3 is 1. The van der Waals surface area contributed by atoms with Gasteiger partial charge in [-0.05, 0) is 44.0 Å². The predicted octanol–water partition coefficient (Wildman–Crippen LogP) is 2.61. The second-order valence-corrected chi connectivity index (χ2v) is 10.1. The Labute approximate surface area is 227 Å². The summed E-state index contributed by atoms with van der Waals surface area (Å²) in [4.78, 5) is 32.2. The molecule has 4 rings (SSSR count). The number of nitrogens with one attached hydrogen (secondary N) is 3. The van der Waals surface area contributed by atoms with Gasteiger partial charge in [0, 0.05) is 37.4 Å². The fourth-order valence-corrected chi connectivity index (χ4v) is 5.30. The van der Waals surface area contributed by atoms with E-state index >= 15 is 0 Å². The highest BCUT2D eigenvalue weighted by Gasteiger charge is 2.49. The maximum Gasteiger partial charge on any atom is 0.342 e. The number of aliphatic imine (C=N–C) groups is 1. The Morgan fingerprint density at radius 1 is 1.28 bits per heavy atom. The van der Waals surface area contributed by atoms with Crippen LogP contribution in [-0.2, 0) is 4.79 Å². The number of carbonyl (C=O) groups is 2. The summed E-state index contributed by atoms with van der Waals surface area (Å²) in [5, 5.41) is 9.25. The summed E-state index contributed by atoms with van der Waals surface area (Å²) in [6, 6.07) is 4.79. The zero-order valence-electron chi connectivity index (χ0n) is 22.4. The predicted molar refractivity (Wildman–Crippen MR) is 145 cm³/mol. The van der Waals surface area contributed by atoms with E-state index in [0.29, 0.717) is 29.8 Å². The van der Waals surface area contributed by atoms with Gasteiger partial charge in [0.05, 0.1) is 19.3 Å². The van der Waals surface area contributed by atoms with Gasteiger partial charge < -0.3 is 36.2 Å². The molecule has 0 spiro atoms. The molecule has 0 radical (unpaired) electrons. The number of carbonyl (C=O) groups excluding carboxylic acids is 2. The normalized spacial score (nSPS) is 24.1. The van der Waals surface area contributed by atoms with Gasteiger partial charge in [0.15, 0.2) is 5.84 Å². The largest absolute Gasteiger partial charge is 0.495 e. The minimum atomic E-state index is -3.61. The summed E-state index contributed by atoms with van der Waals surface area (Å²) in [6.45, 7) is 4.77. The summed E-state index contributed by atoms with van der Waals surface area (Å²) < 4.78 is 35.4. The zero-order valence-corrected chi connectivity index (χ0v) is 22.4. The highest BCUT2D eigenvalue weighted by Crippen LogP contribution is 2.33. The summed E-state index contributed by atoms with van der Waals surface area (Å²) in [5.41, 5.74) is 6.85. The molecule has 12 heteroatoms. The van der Waals surface area contributed by atoms with Crippen LogP contribution in [0.25, 0.3) is 0 Å². The van der Waals surface area contributed by atoms with Crippen molar-refractivity contribution >= 4 is 23.3 Å². The molecule has 2 saturated heterocycles. The van der Waals surface area contributed by atoms with Crippen LogP contribution in [0.2, 0.25) is 0 Å². The Hall–Kier alpha value is -3.67. The number of hydrogen-bond acceptors (Lipinski definition) is 7. The maximum atomic E-state index is 15.0. The number of hydrogen-bond donors (Lipinski definition) is 4. The molecule has 39 heavy (non-hydrogen) atoms. The second kappa shape index (κ2) is 12.0. The Morgan fingerprint density at radius 3 is 2.67 bits per heavy atom. The highest BCUT2D eigenvalue weighted by molar-refractivity contribution is 6.05. The fraction of sp³-hybridized carbons (Fsp3) is 0.519. The fourth-order valence-electron chi connectivity index (χ4n) is 5.30. The number of anilines is 1. The molecule has 3 aliphatic rings. The minimum absolute atomic E-state index is 0.0748.